The number of hydrogen-bond donors (Lipinski definition) is 0. The van der Waals surface area contributed by atoms with Crippen LogP contribution in [0.3, 0.4) is 0 Å². The van der Waals surface area contributed by atoms with Crippen molar-refractivity contribution in [3.63, 3.8) is 0 Å². The molecule has 0 spiro atoms. The lowest BCUT2D eigenvalue weighted by molar-refractivity contribution is -0.114. The van der Waals surface area contributed by atoms with Crippen LogP contribution in [0.25, 0.3) is 0 Å². The SMILES string of the molecule is Cc1cc(CCC2=NN(c3ccccc3)C(=O)/C2=C\N(C)C)c(Cl)cc1Cl. The summed E-state index contributed by atoms with van der Waals surface area (Å²) in [5, 5.41) is 7.34. The van der Waals surface area contributed by atoms with E-state index in [1.807, 2.05) is 68.5 Å². The van der Waals surface area contributed by atoms with Gasteiger partial charge in [0.2, 0.25) is 0 Å². The van der Waals surface area contributed by atoms with E-state index in [1.165, 1.54) is 5.01 Å². The van der Waals surface area contributed by atoms with Crippen LogP contribution in [-0.2, 0) is 11.2 Å². The topological polar surface area (TPSA) is 35.9 Å². The molecule has 2 aromatic rings. The smallest absolute Gasteiger partial charge is 0.282 e. The molecule has 4 nitrogen and oxygen atoms in total. The van der Waals surface area contributed by atoms with Crippen LogP contribution in [0.2, 0.25) is 10.0 Å². The minimum absolute atomic E-state index is 0.122. The van der Waals surface area contributed by atoms with Crippen molar-refractivity contribution in [2.75, 3.05) is 19.1 Å². The van der Waals surface area contributed by atoms with Crippen LogP contribution in [0, 0.1) is 6.92 Å². The molecule has 0 bridgehead atoms. The first-order valence-electron chi connectivity index (χ1n) is 8.67. The van der Waals surface area contributed by atoms with E-state index in [0.29, 0.717) is 28.5 Å². The molecule has 1 aliphatic heterocycles. The van der Waals surface area contributed by atoms with E-state index in [0.717, 1.165) is 22.5 Å². The van der Waals surface area contributed by atoms with E-state index < -0.39 is 0 Å². The van der Waals surface area contributed by atoms with Crippen molar-refractivity contribution >= 4 is 40.5 Å². The van der Waals surface area contributed by atoms with Gasteiger partial charge in [-0.1, -0.05) is 47.5 Å². The van der Waals surface area contributed by atoms with Crippen molar-refractivity contribution < 1.29 is 4.79 Å². The normalized spacial score (nSPS) is 15.4. The maximum absolute atomic E-state index is 12.9. The van der Waals surface area contributed by atoms with Gasteiger partial charge in [0, 0.05) is 30.3 Å². The third-order valence-electron chi connectivity index (χ3n) is 4.30. The van der Waals surface area contributed by atoms with Gasteiger partial charge >= 0.3 is 0 Å². The molecule has 0 fully saturated rings. The second-order valence-corrected chi connectivity index (χ2v) is 7.51. The lowest BCUT2D eigenvalue weighted by atomic mass is 10.0. The van der Waals surface area contributed by atoms with Crippen molar-refractivity contribution in [2.45, 2.75) is 19.8 Å². The molecular weight excluding hydrogens is 381 g/mol. The van der Waals surface area contributed by atoms with Gasteiger partial charge < -0.3 is 4.90 Å². The van der Waals surface area contributed by atoms with E-state index >= 15 is 0 Å². The molecule has 0 atom stereocenters. The van der Waals surface area contributed by atoms with Crippen molar-refractivity contribution in [2.24, 2.45) is 5.10 Å². The molecule has 1 amide bonds. The maximum atomic E-state index is 12.9. The fourth-order valence-corrected chi connectivity index (χ4v) is 3.41. The highest BCUT2D eigenvalue weighted by atomic mass is 35.5. The zero-order valence-electron chi connectivity index (χ0n) is 15.5. The predicted molar refractivity (Wildman–Crippen MR) is 113 cm³/mol. The monoisotopic (exact) mass is 401 g/mol. The summed E-state index contributed by atoms with van der Waals surface area (Å²) in [6, 6.07) is 13.2. The Labute approximate surface area is 169 Å². The molecule has 1 heterocycles. The average molecular weight is 402 g/mol. The molecule has 1 aliphatic rings. The Morgan fingerprint density at radius 2 is 1.78 bits per heavy atom. The van der Waals surface area contributed by atoms with E-state index in [2.05, 4.69) is 5.10 Å². The summed E-state index contributed by atoms with van der Waals surface area (Å²) in [6.45, 7) is 1.95. The van der Waals surface area contributed by atoms with Gasteiger partial charge in [-0.05, 0) is 49.1 Å². The van der Waals surface area contributed by atoms with Crippen LogP contribution >= 0.6 is 23.2 Å². The number of hydrazone groups is 1. The molecule has 27 heavy (non-hydrogen) atoms. The minimum Gasteiger partial charge on any atom is -0.383 e. The average Bonchev–Trinajstić information content (AvgIpc) is 2.93. The van der Waals surface area contributed by atoms with Gasteiger partial charge in [0.25, 0.3) is 5.91 Å². The summed E-state index contributed by atoms with van der Waals surface area (Å²) in [5.41, 5.74) is 4.08. The second-order valence-electron chi connectivity index (χ2n) is 6.70. The number of aryl methyl sites for hydroxylation is 2. The number of nitrogens with zero attached hydrogens (tertiary/aromatic N) is 3. The number of hydrogen-bond acceptors (Lipinski definition) is 3. The summed E-state index contributed by atoms with van der Waals surface area (Å²) in [5.74, 6) is -0.122. The first kappa shape index (κ1) is 19.5. The van der Waals surface area contributed by atoms with E-state index in [9.17, 15) is 4.79 Å². The van der Waals surface area contributed by atoms with Gasteiger partial charge in [-0.15, -0.1) is 0 Å². The number of carbonyl (C=O) groups is 1. The molecule has 0 radical (unpaired) electrons. The molecule has 0 unspecified atom stereocenters. The van der Waals surface area contributed by atoms with Crippen LogP contribution in [0.5, 0.6) is 0 Å². The first-order chi connectivity index (χ1) is 12.9. The third-order valence-corrected chi connectivity index (χ3v) is 5.06. The van der Waals surface area contributed by atoms with Gasteiger partial charge in [0.1, 0.15) is 0 Å². The lowest BCUT2D eigenvalue weighted by Crippen LogP contribution is -2.22. The van der Waals surface area contributed by atoms with Crippen LogP contribution in [0.4, 0.5) is 5.69 Å². The summed E-state index contributed by atoms with van der Waals surface area (Å²) in [6.07, 6.45) is 3.10. The van der Waals surface area contributed by atoms with Gasteiger partial charge in [0.15, 0.2) is 0 Å². The molecule has 0 aliphatic carbocycles. The van der Waals surface area contributed by atoms with Crippen molar-refractivity contribution in [1.82, 2.24) is 4.90 Å². The number of halogens is 2. The molecule has 0 N–H and O–H groups in total. The number of para-hydroxylation sites is 1. The standard InChI is InChI=1S/C21H21Cl2N3O/c1-14-11-15(19(23)12-18(14)22)9-10-20-17(13-25(2)3)21(27)26(24-20)16-7-5-4-6-8-16/h4-8,11-13H,9-10H2,1-3H3/b17-13-. The maximum Gasteiger partial charge on any atom is 0.282 e. The fraction of sp³-hybridized carbons (Fsp3) is 0.238. The number of carbonyl (C=O) groups excluding carboxylic acids is 1. The molecule has 140 valence electrons. The molecular formula is C21H21Cl2N3O. The van der Waals surface area contributed by atoms with E-state index in [1.54, 1.807) is 6.07 Å². The first-order valence-corrected chi connectivity index (χ1v) is 9.42. The van der Waals surface area contributed by atoms with Crippen molar-refractivity contribution in [3.05, 3.63) is 75.4 Å². The zero-order chi connectivity index (χ0) is 19.6. The van der Waals surface area contributed by atoms with Crippen LogP contribution in [0.1, 0.15) is 17.5 Å². The van der Waals surface area contributed by atoms with E-state index in [-0.39, 0.29) is 5.91 Å². The predicted octanol–water partition coefficient (Wildman–Crippen LogP) is 5.08. The molecule has 0 saturated heterocycles. The highest BCUT2D eigenvalue weighted by Crippen LogP contribution is 2.28. The summed E-state index contributed by atoms with van der Waals surface area (Å²) < 4.78 is 0. The number of rotatable bonds is 5. The third kappa shape index (κ3) is 4.34. The van der Waals surface area contributed by atoms with Crippen molar-refractivity contribution in [1.29, 1.82) is 0 Å². The molecule has 6 heteroatoms. The Kier molecular flexibility index (Phi) is 5.88. The second kappa shape index (κ2) is 8.15. The van der Waals surface area contributed by atoms with Crippen LogP contribution in [0.15, 0.2) is 59.3 Å². The van der Waals surface area contributed by atoms with Gasteiger partial charge in [-0.25, -0.2) is 0 Å². The molecule has 2 aromatic carbocycles. The van der Waals surface area contributed by atoms with Crippen LogP contribution in [-0.4, -0.2) is 30.6 Å². The molecule has 3 rings (SSSR count). The van der Waals surface area contributed by atoms with Gasteiger partial charge in [-0.3, -0.25) is 4.79 Å². The Balaban J connectivity index is 1.89. The largest absolute Gasteiger partial charge is 0.383 e. The van der Waals surface area contributed by atoms with E-state index in [4.69, 9.17) is 23.2 Å². The summed E-state index contributed by atoms with van der Waals surface area (Å²) in [4.78, 5) is 14.8. The minimum atomic E-state index is -0.122. The lowest BCUT2D eigenvalue weighted by Gasteiger charge is -2.12. The molecule has 0 aromatic heterocycles. The highest BCUT2D eigenvalue weighted by molar-refractivity contribution is 6.35. The van der Waals surface area contributed by atoms with Gasteiger partial charge in [0.05, 0.1) is 17.0 Å². The Morgan fingerprint density at radius 1 is 1.07 bits per heavy atom. The summed E-state index contributed by atoms with van der Waals surface area (Å²) >= 11 is 12.5. The molecule has 0 saturated carbocycles. The number of benzene rings is 2. The van der Waals surface area contributed by atoms with Gasteiger partial charge in [-0.2, -0.15) is 10.1 Å². The number of anilines is 1. The Hall–Kier alpha value is -2.30. The summed E-state index contributed by atoms with van der Waals surface area (Å²) in [7, 11) is 3.78. The quantitative estimate of drug-likeness (QED) is 0.654. The van der Waals surface area contributed by atoms with Crippen molar-refractivity contribution in [3.8, 4) is 0 Å². The fourth-order valence-electron chi connectivity index (χ4n) is 2.94. The van der Waals surface area contributed by atoms with Crippen LogP contribution < -0.4 is 5.01 Å². The zero-order valence-corrected chi connectivity index (χ0v) is 17.1. The number of amides is 1. The Morgan fingerprint density at radius 3 is 2.44 bits per heavy atom. The highest BCUT2D eigenvalue weighted by Gasteiger charge is 2.31. The Bertz CT molecular complexity index is 921.